The molecule has 0 saturated heterocycles. The summed E-state index contributed by atoms with van der Waals surface area (Å²) in [6.07, 6.45) is 0. The summed E-state index contributed by atoms with van der Waals surface area (Å²) in [4.78, 5) is 25.0. The number of amides is 2. The lowest BCUT2D eigenvalue weighted by atomic mass is 9.91. The van der Waals surface area contributed by atoms with Crippen LogP contribution in [-0.4, -0.2) is 30.6 Å². The minimum absolute atomic E-state index is 0.0402. The molecule has 0 spiro atoms. The van der Waals surface area contributed by atoms with E-state index in [2.05, 4.69) is 16.2 Å². The second-order valence-electron chi connectivity index (χ2n) is 6.71. The van der Waals surface area contributed by atoms with E-state index in [9.17, 15) is 9.59 Å². The number of ether oxygens (including phenoxy) is 2. The average Bonchev–Trinajstić information content (AvgIpc) is 2.83. The van der Waals surface area contributed by atoms with E-state index in [1.54, 1.807) is 31.4 Å². The number of carbonyl (C=O) groups excluding carboxylic acids is 2. The summed E-state index contributed by atoms with van der Waals surface area (Å²) >= 11 is 5.10. The zero-order chi connectivity index (χ0) is 22.8. The Morgan fingerprint density at radius 2 is 1.34 bits per heavy atom. The molecule has 3 rings (SSSR count). The van der Waals surface area contributed by atoms with Crippen LogP contribution in [0.5, 0.6) is 11.5 Å². The molecule has 0 bridgehead atoms. The van der Waals surface area contributed by atoms with Crippen molar-refractivity contribution in [2.75, 3.05) is 13.7 Å². The number of rotatable bonds is 7. The lowest BCUT2D eigenvalue weighted by molar-refractivity contribution is -0.123. The van der Waals surface area contributed by atoms with Gasteiger partial charge in [0.25, 0.3) is 5.91 Å². The maximum absolute atomic E-state index is 12.9. The molecule has 164 valence electrons. The lowest BCUT2D eigenvalue weighted by Gasteiger charge is -2.19. The molecular formula is C24H23N3O4S. The summed E-state index contributed by atoms with van der Waals surface area (Å²) in [6, 6.07) is 25.6. The van der Waals surface area contributed by atoms with Gasteiger partial charge in [0.15, 0.2) is 11.7 Å². The van der Waals surface area contributed by atoms with E-state index in [0.29, 0.717) is 11.5 Å². The molecule has 0 aliphatic carbocycles. The Balaban J connectivity index is 1.52. The summed E-state index contributed by atoms with van der Waals surface area (Å²) in [5, 5.41) is 2.42. The van der Waals surface area contributed by atoms with Gasteiger partial charge in [-0.1, -0.05) is 60.7 Å². The first-order valence-corrected chi connectivity index (χ1v) is 10.2. The number of hydrogen-bond acceptors (Lipinski definition) is 5. The van der Waals surface area contributed by atoms with Crippen molar-refractivity contribution < 1.29 is 19.1 Å². The van der Waals surface area contributed by atoms with Crippen molar-refractivity contribution in [2.45, 2.75) is 5.92 Å². The summed E-state index contributed by atoms with van der Waals surface area (Å²) in [5.74, 6) is -0.112. The third-order valence-corrected chi connectivity index (χ3v) is 4.71. The number of thiocarbonyl (C=S) groups is 1. The Morgan fingerprint density at radius 1 is 0.812 bits per heavy atom. The minimum Gasteiger partial charge on any atom is -0.497 e. The number of nitrogens with one attached hydrogen (secondary N) is 3. The van der Waals surface area contributed by atoms with Gasteiger partial charge in [0.1, 0.15) is 11.5 Å². The Morgan fingerprint density at radius 3 is 1.88 bits per heavy atom. The van der Waals surface area contributed by atoms with Crippen molar-refractivity contribution in [2.24, 2.45) is 0 Å². The Labute approximate surface area is 191 Å². The first-order valence-electron chi connectivity index (χ1n) is 9.83. The van der Waals surface area contributed by atoms with Gasteiger partial charge < -0.3 is 9.47 Å². The lowest BCUT2D eigenvalue weighted by Crippen LogP contribution is -2.50. The monoisotopic (exact) mass is 449 g/mol. The molecule has 0 saturated carbocycles. The normalized spacial score (nSPS) is 10.2. The summed E-state index contributed by atoms with van der Waals surface area (Å²) < 4.78 is 10.5. The van der Waals surface area contributed by atoms with Crippen LogP contribution in [0.25, 0.3) is 0 Å². The topological polar surface area (TPSA) is 88.7 Å². The first-order chi connectivity index (χ1) is 15.6. The van der Waals surface area contributed by atoms with E-state index >= 15 is 0 Å². The van der Waals surface area contributed by atoms with Crippen LogP contribution in [-0.2, 0) is 9.59 Å². The fraction of sp³-hybridized carbons (Fsp3) is 0.125. The molecule has 0 aromatic heterocycles. The van der Waals surface area contributed by atoms with Crippen LogP contribution in [0.15, 0.2) is 84.9 Å². The third-order valence-electron chi connectivity index (χ3n) is 4.51. The van der Waals surface area contributed by atoms with Crippen molar-refractivity contribution >= 4 is 29.1 Å². The van der Waals surface area contributed by atoms with E-state index in [-0.39, 0.29) is 17.6 Å². The average molecular weight is 450 g/mol. The standard InChI is InChI=1S/C24H23N3O4S/c1-30-19-12-14-20(15-13-19)31-16-21(28)25-24(32)27-26-23(29)22(17-8-4-2-5-9-17)18-10-6-3-7-11-18/h2-15,22H,16H2,1H3,(H,26,29)(H2,25,27,28,32). The van der Waals surface area contributed by atoms with Crippen LogP contribution in [0, 0.1) is 0 Å². The second kappa shape index (κ2) is 11.5. The van der Waals surface area contributed by atoms with Gasteiger partial charge >= 0.3 is 0 Å². The quantitative estimate of drug-likeness (QED) is 0.380. The number of methoxy groups -OCH3 is 1. The molecular weight excluding hydrogens is 426 g/mol. The molecule has 3 aromatic carbocycles. The van der Waals surface area contributed by atoms with Crippen LogP contribution < -0.4 is 25.6 Å². The van der Waals surface area contributed by atoms with E-state index in [0.717, 1.165) is 11.1 Å². The molecule has 7 nitrogen and oxygen atoms in total. The van der Waals surface area contributed by atoms with Gasteiger partial charge in [-0.05, 0) is 47.6 Å². The van der Waals surface area contributed by atoms with Gasteiger partial charge in [0, 0.05) is 0 Å². The molecule has 0 unspecified atom stereocenters. The fourth-order valence-electron chi connectivity index (χ4n) is 2.99. The molecule has 3 aromatic rings. The molecule has 2 amide bonds. The van der Waals surface area contributed by atoms with E-state index in [1.165, 1.54) is 0 Å². The second-order valence-corrected chi connectivity index (χ2v) is 7.12. The van der Waals surface area contributed by atoms with Gasteiger partial charge in [-0.2, -0.15) is 0 Å². The highest BCUT2D eigenvalue weighted by molar-refractivity contribution is 7.80. The zero-order valence-electron chi connectivity index (χ0n) is 17.4. The number of benzene rings is 3. The van der Waals surface area contributed by atoms with Gasteiger partial charge in [-0.3, -0.25) is 25.8 Å². The van der Waals surface area contributed by atoms with Crippen molar-refractivity contribution in [1.82, 2.24) is 16.2 Å². The highest BCUT2D eigenvalue weighted by Crippen LogP contribution is 2.24. The third kappa shape index (κ3) is 6.55. The predicted molar refractivity (Wildman–Crippen MR) is 125 cm³/mol. The molecule has 0 heterocycles. The van der Waals surface area contributed by atoms with Crippen LogP contribution in [0.2, 0.25) is 0 Å². The van der Waals surface area contributed by atoms with E-state index in [4.69, 9.17) is 21.7 Å². The van der Waals surface area contributed by atoms with Crippen molar-refractivity contribution in [3.8, 4) is 11.5 Å². The maximum Gasteiger partial charge on any atom is 0.264 e. The van der Waals surface area contributed by atoms with Crippen molar-refractivity contribution in [3.63, 3.8) is 0 Å². The molecule has 0 fully saturated rings. The van der Waals surface area contributed by atoms with Crippen molar-refractivity contribution in [1.29, 1.82) is 0 Å². The number of hydrogen-bond donors (Lipinski definition) is 3. The van der Waals surface area contributed by atoms with E-state index in [1.807, 2.05) is 60.7 Å². The Kier molecular flexibility index (Phi) is 8.16. The van der Waals surface area contributed by atoms with Gasteiger partial charge in [-0.25, -0.2) is 0 Å². The largest absolute Gasteiger partial charge is 0.497 e. The van der Waals surface area contributed by atoms with Crippen LogP contribution in [0.4, 0.5) is 0 Å². The number of carbonyl (C=O) groups is 2. The highest BCUT2D eigenvalue weighted by atomic mass is 32.1. The molecule has 0 aliphatic heterocycles. The molecule has 0 atom stereocenters. The van der Waals surface area contributed by atoms with Crippen LogP contribution in [0.1, 0.15) is 17.0 Å². The Bertz CT molecular complexity index is 1000. The maximum atomic E-state index is 12.9. The van der Waals surface area contributed by atoms with Crippen LogP contribution in [0.3, 0.4) is 0 Å². The van der Waals surface area contributed by atoms with Crippen LogP contribution >= 0.6 is 12.2 Å². The molecule has 0 aliphatic rings. The van der Waals surface area contributed by atoms with Gasteiger partial charge in [0.05, 0.1) is 13.0 Å². The highest BCUT2D eigenvalue weighted by Gasteiger charge is 2.22. The van der Waals surface area contributed by atoms with E-state index < -0.39 is 11.8 Å². The first kappa shape index (κ1) is 22.8. The van der Waals surface area contributed by atoms with Gasteiger partial charge in [-0.15, -0.1) is 0 Å². The number of hydrazine groups is 1. The smallest absolute Gasteiger partial charge is 0.264 e. The molecule has 8 heteroatoms. The van der Waals surface area contributed by atoms with Gasteiger partial charge in [0.2, 0.25) is 5.91 Å². The zero-order valence-corrected chi connectivity index (χ0v) is 18.2. The van der Waals surface area contributed by atoms with Crippen molar-refractivity contribution in [3.05, 3.63) is 96.1 Å². The molecule has 0 radical (unpaired) electrons. The summed E-state index contributed by atoms with van der Waals surface area (Å²) in [6.45, 7) is -0.237. The Hall–Kier alpha value is -3.91. The summed E-state index contributed by atoms with van der Waals surface area (Å²) in [7, 11) is 1.57. The fourth-order valence-corrected chi connectivity index (χ4v) is 3.16. The SMILES string of the molecule is COc1ccc(OCC(=O)NC(=S)NNC(=O)C(c2ccccc2)c2ccccc2)cc1. The minimum atomic E-state index is -0.540. The predicted octanol–water partition coefficient (Wildman–Crippen LogP) is 2.93. The molecule has 3 N–H and O–H groups in total. The summed E-state index contributed by atoms with van der Waals surface area (Å²) in [5.41, 5.74) is 6.81. The molecule has 32 heavy (non-hydrogen) atoms.